The van der Waals surface area contributed by atoms with Crippen molar-refractivity contribution in [1.29, 1.82) is 0 Å². The number of amides is 1. The second-order valence-electron chi connectivity index (χ2n) is 5.49. The lowest BCUT2D eigenvalue weighted by Gasteiger charge is -2.22. The second-order valence-corrected chi connectivity index (χ2v) is 5.76. The van der Waals surface area contributed by atoms with Crippen molar-refractivity contribution in [1.82, 2.24) is 5.32 Å². The Morgan fingerprint density at radius 3 is 2.35 bits per heavy atom. The molecule has 1 rings (SSSR count). The highest BCUT2D eigenvalue weighted by molar-refractivity contribution is 6.28. The zero-order chi connectivity index (χ0) is 15.2. The molecule has 0 aliphatic heterocycles. The van der Waals surface area contributed by atoms with Crippen molar-refractivity contribution in [2.75, 3.05) is 5.88 Å². The molecule has 1 N–H and O–H groups in total. The van der Waals surface area contributed by atoms with Crippen LogP contribution in [0.1, 0.15) is 26.3 Å². The minimum atomic E-state index is -0.676. The Morgan fingerprint density at radius 2 is 1.85 bits per heavy atom. The van der Waals surface area contributed by atoms with Crippen molar-refractivity contribution in [3.8, 4) is 0 Å². The maximum atomic E-state index is 11.8. The first-order chi connectivity index (χ1) is 9.31. The molecule has 0 fully saturated rings. The van der Waals surface area contributed by atoms with Crippen molar-refractivity contribution < 1.29 is 14.3 Å². The molecular formula is C15H20ClNO3. The number of ether oxygens (including phenoxy) is 1. The molecule has 1 aromatic carbocycles. The van der Waals surface area contributed by atoms with Gasteiger partial charge in [0, 0.05) is 0 Å². The fourth-order valence-electron chi connectivity index (χ4n) is 1.64. The van der Waals surface area contributed by atoms with E-state index in [1.165, 1.54) is 0 Å². The molecule has 20 heavy (non-hydrogen) atoms. The maximum absolute atomic E-state index is 11.8. The summed E-state index contributed by atoms with van der Waals surface area (Å²) >= 11 is 5.59. The molecule has 0 unspecified atom stereocenters. The minimum absolute atomic E-state index is 0.146. The van der Waals surface area contributed by atoms with Crippen LogP contribution in [0.5, 0.6) is 0 Å². The van der Waals surface area contributed by atoms with E-state index in [0.717, 1.165) is 5.56 Å². The first-order valence-corrected chi connectivity index (χ1v) is 6.97. The highest BCUT2D eigenvalue weighted by Gasteiger charge is 2.23. The SMILES string of the molecule is CC(C)(C)OC(=O)N[C@@H](Cc1ccccc1)C(=O)CCl. The van der Waals surface area contributed by atoms with E-state index < -0.39 is 17.7 Å². The number of nitrogens with one attached hydrogen (secondary N) is 1. The summed E-state index contributed by atoms with van der Waals surface area (Å²) in [6.45, 7) is 5.30. The molecule has 0 bridgehead atoms. The zero-order valence-corrected chi connectivity index (χ0v) is 12.7. The molecule has 5 heteroatoms. The first kappa shape index (κ1) is 16.5. The Bertz CT molecular complexity index is 454. The molecular weight excluding hydrogens is 278 g/mol. The Labute approximate surface area is 124 Å². The summed E-state index contributed by atoms with van der Waals surface area (Å²) in [6.07, 6.45) is -0.220. The third kappa shape index (κ3) is 6.06. The Kier molecular flexibility index (Phi) is 6.02. The highest BCUT2D eigenvalue weighted by atomic mass is 35.5. The summed E-state index contributed by atoms with van der Waals surface area (Å²) in [5.41, 5.74) is 0.345. The Morgan fingerprint density at radius 1 is 1.25 bits per heavy atom. The van der Waals surface area contributed by atoms with Crippen LogP contribution in [0.2, 0.25) is 0 Å². The third-order valence-corrected chi connectivity index (χ3v) is 2.76. The fourth-order valence-corrected chi connectivity index (χ4v) is 1.82. The number of benzene rings is 1. The van der Waals surface area contributed by atoms with E-state index in [0.29, 0.717) is 6.42 Å². The Hall–Kier alpha value is -1.55. The number of alkyl carbamates (subject to hydrolysis) is 1. The maximum Gasteiger partial charge on any atom is 0.408 e. The monoisotopic (exact) mass is 297 g/mol. The van der Waals surface area contributed by atoms with Gasteiger partial charge in [0.1, 0.15) is 5.60 Å². The predicted octanol–water partition coefficient (Wildman–Crippen LogP) is 2.93. The third-order valence-electron chi connectivity index (χ3n) is 2.49. The lowest BCUT2D eigenvalue weighted by molar-refractivity contribution is -0.118. The van der Waals surface area contributed by atoms with Gasteiger partial charge < -0.3 is 10.1 Å². The summed E-state index contributed by atoms with van der Waals surface area (Å²) in [5.74, 6) is -0.380. The van der Waals surface area contributed by atoms with Crippen LogP contribution in [0.25, 0.3) is 0 Å². The lowest BCUT2D eigenvalue weighted by atomic mass is 10.0. The van der Waals surface area contributed by atoms with Gasteiger partial charge in [-0.05, 0) is 32.8 Å². The average molecular weight is 298 g/mol. The summed E-state index contributed by atoms with van der Waals surface area (Å²) in [7, 11) is 0. The molecule has 0 aromatic heterocycles. The summed E-state index contributed by atoms with van der Waals surface area (Å²) in [6, 6.07) is 8.76. The van der Waals surface area contributed by atoms with Crippen LogP contribution < -0.4 is 5.32 Å². The molecule has 0 radical (unpaired) electrons. The molecule has 110 valence electrons. The standard InChI is InChI=1S/C15H20ClNO3/c1-15(2,3)20-14(19)17-12(13(18)10-16)9-11-7-5-4-6-8-11/h4-8,12H,9-10H2,1-3H3,(H,17,19)/t12-/m0/s1. The second kappa shape index (κ2) is 7.29. The number of carbonyl (C=O) groups excluding carboxylic acids is 2. The quantitative estimate of drug-likeness (QED) is 0.850. The number of hydrogen-bond donors (Lipinski definition) is 1. The number of alkyl halides is 1. The summed E-state index contributed by atoms with van der Waals surface area (Å²) in [4.78, 5) is 23.6. The number of hydrogen-bond acceptors (Lipinski definition) is 3. The zero-order valence-electron chi connectivity index (χ0n) is 12.0. The molecule has 0 saturated heterocycles. The van der Waals surface area contributed by atoms with Crippen LogP contribution in [0.15, 0.2) is 30.3 Å². The number of ketones is 1. The van der Waals surface area contributed by atoms with E-state index >= 15 is 0 Å². The topological polar surface area (TPSA) is 55.4 Å². The van der Waals surface area contributed by atoms with Gasteiger partial charge in [-0.2, -0.15) is 0 Å². The average Bonchev–Trinajstić information content (AvgIpc) is 2.36. The molecule has 0 aliphatic rings. The number of carbonyl (C=O) groups is 2. The van der Waals surface area contributed by atoms with Crippen LogP contribution in [0.3, 0.4) is 0 Å². The lowest BCUT2D eigenvalue weighted by Crippen LogP contribution is -2.45. The molecule has 0 saturated carbocycles. The summed E-state index contributed by atoms with van der Waals surface area (Å²) < 4.78 is 5.16. The van der Waals surface area contributed by atoms with Crippen LogP contribution >= 0.6 is 11.6 Å². The highest BCUT2D eigenvalue weighted by Crippen LogP contribution is 2.09. The fraction of sp³-hybridized carbons (Fsp3) is 0.467. The van der Waals surface area contributed by atoms with E-state index in [4.69, 9.17) is 16.3 Å². The number of halogens is 1. The van der Waals surface area contributed by atoms with E-state index in [2.05, 4.69) is 5.32 Å². The van der Waals surface area contributed by atoms with Gasteiger partial charge >= 0.3 is 6.09 Å². The van der Waals surface area contributed by atoms with Gasteiger partial charge in [-0.25, -0.2) is 4.79 Å². The van der Waals surface area contributed by atoms with Gasteiger partial charge in [0.2, 0.25) is 0 Å². The van der Waals surface area contributed by atoms with Gasteiger partial charge in [-0.15, -0.1) is 11.6 Å². The minimum Gasteiger partial charge on any atom is -0.444 e. The van der Waals surface area contributed by atoms with Crippen LogP contribution in [0.4, 0.5) is 4.79 Å². The number of rotatable bonds is 5. The molecule has 1 aromatic rings. The summed E-state index contributed by atoms with van der Waals surface area (Å²) in [5, 5.41) is 2.58. The molecule has 1 amide bonds. The normalized spacial score (nSPS) is 12.6. The van der Waals surface area contributed by atoms with E-state index in [9.17, 15) is 9.59 Å². The predicted molar refractivity (Wildman–Crippen MR) is 79.0 cm³/mol. The molecule has 1 atom stereocenters. The smallest absolute Gasteiger partial charge is 0.408 e. The van der Waals surface area contributed by atoms with Crippen molar-refractivity contribution in [2.45, 2.75) is 38.8 Å². The van der Waals surface area contributed by atoms with Crippen molar-refractivity contribution in [3.63, 3.8) is 0 Å². The van der Waals surface area contributed by atoms with Gasteiger partial charge in [0.25, 0.3) is 0 Å². The van der Waals surface area contributed by atoms with Crippen LogP contribution in [-0.4, -0.2) is 29.4 Å². The van der Waals surface area contributed by atoms with Gasteiger partial charge in [0.15, 0.2) is 5.78 Å². The van der Waals surface area contributed by atoms with Crippen LogP contribution in [-0.2, 0) is 16.0 Å². The van der Waals surface area contributed by atoms with E-state index in [1.54, 1.807) is 20.8 Å². The van der Waals surface area contributed by atoms with E-state index in [1.807, 2.05) is 30.3 Å². The molecule has 0 spiro atoms. The van der Waals surface area contributed by atoms with Crippen molar-refractivity contribution >= 4 is 23.5 Å². The molecule has 4 nitrogen and oxygen atoms in total. The van der Waals surface area contributed by atoms with Crippen molar-refractivity contribution in [3.05, 3.63) is 35.9 Å². The van der Waals surface area contributed by atoms with Crippen LogP contribution in [0, 0.1) is 0 Å². The molecule has 0 heterocycles. The van der Waals surface area contributed by atoms with Gasteiger partial charge in [-0.3, -0.25) is 4.79 Å². The van der Waals surface area contributed by atoms with E-state index in [-0.39, 0.29) is 11.7 Å². The number of Topliss-reactive ketones (excluding diaryl/α,β-unsaturated/α-hetero) is 1. The van der Waals surface area contributed by atoms with Gasteiger partial charge in [-0.1, -0.05) is 30.3 Å². The van der Waals surface area contributed by atoms with Gasteiger partial charge in [0.05, 0.1) is 11.9 Å². The van der Waals surface area contributed by atoms with Crippen molar-refractivity contribution in [2.24, 2.45) is 0 Å². The first-order valence-electron chi connectivity index (χ1n) is 6.44. The largest absolute Gasteiger partial charge is 0.444 e. The Balaban J connectivity index is 2.70. The molecule has 0 aliphatic carbocycles.